The molecule has 0 unspecified atom stereocenters. The Morgan fingerprint density at radius 2 is 2.13 bits per heavy atom. The van der Waals surface area contributed by atoms with Crippen molar-refractivity contribution < 1.29 is 0 Å². The molecular formula is C10H12ClN3O. The Hall–Kier alpha value is -1.26. The van der Waals surface area contributed by atoms with Crippen molar-refractivity contribution in [3.8, 4) is 0 Å². The Bertz CT molecular complexity index is 556. The van der Waals surface area contributed by atoms with Crippen LogP contribution in [0.15, 0.2) is 23.0 Å². The average Bonchev–Trinajstić information content (AvgIpc) is 2.44. The van der Waals surface area contributed by atoms with Crippen LogP contribution in [0.4, 0.5) is 0 Å². The normalized spacial score (nSPS) is 11.1. The number of imidazole rings is 1. The molecule has 15 heavy (non-hydrogen) atoms. The van der Waals surface area contributed by atoms with E-state index in [0.717, 1.165) is 11.0 Å². The van der Waals surface area contributed by atoms with E-state index in [1.54, 1.807) is 28.3 Å². The van der Waals surface area contributed by atoms with Gasteiger partial charge in [0.15, 0.2) is 0 Å². The molecule has 4 nitrogen and oxygen atoms in total. The van der Waals surface area contributed by atoms with Gasteiger partial charge in [0.1, 0.15) is 0 Å². The average molecular weight is 226 g/mol. The molecule has 1 heterocycles. The van der Waals surface area contributed by atoms with E-state index in [0.29, 0.717) is 18.1 Å². The summed E-state index contributed by atoms with van der Waals surface area (Å²) in [6.45, 7) is 0.972. The molecule has 0 fully saturated rings. The maximum Gasteiger partial charge on any atom is 0.328 e. The molecule has 2 rings (SSSR count). The van der Waals surface area contributed by atoms with Gasteiger partial charge in [-0.05, 0) is 18.2 Å². The van der Waals surface area contributed by atoms with Crippen LogP contribution in [0.5, 0.6) is 0 Å². The largest absolute Gasteiger partial charge is 0.329 e. The lowest BCUT2D eigenvalue weighted by Gasteiger charge is -1.99. The van der Waals surface area contributed by atoms with E-state index in [9.17, 15) is 4.79 Å². The number of nitrogens with two attached hydrogens (primary N) is 1. The van der Waals surface area contributed by atoms with Crippen molar-refractivity contribution in [2.24, 2.45) is 12.8 Å². The number of fused-ring (bicyclic) bond motifs is 1. The maximum atomic E-state index is 11.8. The van der Waals surface area contributed by atoms with Gasteiger partial charge in [-0.1, -0.05) is 11.6 Å². The Morgan fingerprint density at radius 3 is 2.80 bits per heavy atom. The third kappa shape index (κ3) is 1.56. The molecule has 0 atom stereocenters. The first-order chi connectivity index (χ1) is 7.15. The summed E-state index contributed by atoms with van der Waals surface area (Å²) in [5.41, 5.74) is 7.11. The highest BCUT2D eigenvalue weighted by atomic mass is 35.5. The zero-order valence-corrected chi connectivity index (χ0v) is 9.16. The first-order valence-corrected chi connectivity index (χ1v) is 5.08. The Labute approximate surface area is 91.9 Å². The van der Waals surface area contributed by atoms with Gasteiger partial charge in [-0.2, -0.15) is 0 Å². The molecule has 1 aromatic carbocycles. The van der Waals surface area contributed by atoms with Crippen molar-refractivity contribution in [3.63, 3.8) is 0 Å². The molecule has 80 valence electrons. The quantitative estimate of drug-likeness (QED) is 0.828. The minimum absolute atomic E-state index is 0.0577. The van der Waals surface area contributed by atoms with Crippen molar-refractivity contribution in [2.75, 3.05) is 6.54 Å². The van der Waals surface area contributed by atoms with E-state index in [1.807, 2.05) is 6.07 Å². The predicted octanol–water partition coefficient (Wildman–Crippen LogP) is 0.952. The van der Waals surface area contributed by atoms with Crippen molar-refractivity contribution in [1.82, 2.24) is 9.13 Å². The third-order valence-corrected chi connectivity index (χ3v) is 2.70. The van der Waals surface area contributed by atoms with Crippen molar-refractivity contribution in [1.29, 1.82) is 0 Å². The van der Waals surface area contributed by atoms with E-state index in [-0.39, 0.29) is 5.69 Å². The molecule has 2 aromatic rings. The summed E-state index contributed by atoms with van der Waals surface area (Å²) in [5.74, 6) is 0. The van der Waals surface area contributed by atoms with Gasteiger partial charge < -0.3 is 5.73 Å². The van der Waals surface area contributed by atoms with Gasteiger partial charge in [-0.15, -0.1) is 0 Å². The fourth-order valence-corrected chi connectivity index (χ4v) is 1.89. The van der Waals surface area contributed by atoms with Crippen LogP contribution in [-0.2, 0) is 13.6 Å². The fourth-order valence-electron chi connectivity index (χ4n) is 1.73. The van der Waals surface area contributed by atoms with Crippen molar-refractivity contribution in [2.45, 2.75) is 6.54 Å². The Balaban J connectivity index is 2.81. The topological polar surface area (TPSA) is 53.0 Å². The van der Waals surface area contributed by atoms with Crippen LogP contribution in [0.25, 0.3) is 11.0 Å². The molecule has 0 spiro atoms. The van der Waals surface area contributed by atoms with Gasteiger partial charge in [0.2, 0.25) is 0 Å². The molecule has 2 N–H and O–H groups in total. The number of rotatable bonds is 2. The van der Waals surface area contributed by atoms with E-state index in [2.05, 4.69) is 0 Å². The summed E-state index contributed by atoms with van der Waals surface area (Å²) in [5, 5.41) is 0.628. The van der Waals surface area contributed by atoms with Crippen LogP contribution in [0.3, 0.4) is 0 Å². The molecule has 1 aromatic heterocycles. The third-order valence-electron chi connectivity index (χ3n) is 2.46. The molecule has 0 aliphatic rings. The Kier molecular flexibility index (Phi) is 2.54. The van der Waals surface area contributed by atoms with Crippen LogP contribution in [-0.4, -0.2) is 15.7 Å². The number of hydrogen-bond donors (Lipinski definition) is 1. The summed E-state index contributed by atoms with van der Waals surface area (Å²) >= 11 is 5.88. The first kappa shape index (κ1) is 10.3. The lowest BCUT2D eigenvalue weighted by atomic mass is 10.3. The van der Waals surface area contributed by atoms with Gasteiger partial charge in [0, 0.05) is 25.2 Å². The standard InChI is InChI=1S/C10H12ClN3O/c1-13-9-6-7(11)2-3-8(9)14(5-4-12)10(13)15/h2-3,6H,4-5,12H2,1H3. The van der Waals surface area contributed by atoms with Gasteiger partial charge in [-0.25, -0.2) is 4.79 Å². The second-order valence-corrected chi connectivity index (χ2v) is 3.85. The lowest BCUT2D eigenvalue weighted by molar-refractivity contribution is 0.675. The molecule has 0 saturated carbocycles. The van der Waals surface area contributed by atoms with Gasteiger partial charge in [0.25, 0.3) is 0 Å². The predicted molar refractivity (Wildman–Crippen MR) is 61.2 cm³/mol. The van der Waals surface area contributed by atoms with Gasteiger partial charge >= 0.3 is 5.69 Å². The molecule has 0 bridgehead atoms. The molecule has 0 radical (unpaired) electrons. The zero-order valence-electron chi connectivity index (χ0n) is 8.40. The Morgan fingerprint density at radius 1 is 1.40 bits per heavy atom. The van der Waals surface area contributed by atoms with Gasteiger partial charge in [-0.3, -0.25) is 9.13 Å². The summed E-state index contributed by atoms with van der Waals surface area (Å²) in [7, 11) is 1.73. The lowest BCUT2D eigenvalue weighted by Crippen LogP contribution is -2.25. The second kappa shape index (κ2) is 3.72. The molecule has 0 aliphatic carbocycles. The summed E-state index contributed by atoms with van der Waals surface area (Å²) < 4.78 is 3.24. The zero-order chi connectivity index (χ0) is 11.0. The molecule has 0 saturated heterocycles. The van der Waals surface area contributed by atoms with Crippen LogP contribution in [0.2, 0.25) is 5.02 Å². The fraction of sp³-hybridized carbons (Fsp3) is 0.300. The first-order valence-electron chi connectivity index (χ1n) is 4.70. The van der Waals surface area contributed by atoms with Crippen molar-refractivity contribution in [3.05, 3.63) is 33.7 Å². The van der Waals surface area contributed by atoms with Crippen LogP contribution in [0.1, 0.15) is 0 Å². The number of hydrogen-bond acceptors (Lipinski definition) is 2. The monoisotopic (exact) mass is 225 g/mol. The highest BCUT2D eigenvalue weighted by molar-refractivity contribution is 6.31. The highest BCUT2D eigenvalue weighted by Gasteiger charge is 2.09. The summed E-state index contributed by atoms with van der Waals surface area (Å²) in [6.07, 6.45) is 0. The SMILES string of the molecule is Cn1c(=O)n(CCN)c2ccc(Cl)cc21. The number of nitrogens with zero attached hydrogens (tertiary/aromatic N) is 2. The smallest absolute Gasteiger partial charge is 0.328 e. The maximum absolute atomic E-state index is 11.8. The molecule has 0 amide bonds. The van der Waals surface area contributed by atoms with Crippen LogP contribution >= 0.6 is 11.6 Å². The number of aromatic nitrogens is 2. The van der Waals surface area contributed by atoms with Crippen molar-refractivity contribution >= 4 is 22.6 Å². The minimum atomic E-state index is -0.0577. The van der Waals surface area contributed by atoms with Crippen LogP contribution < -0.4 is 11.4 Å². The number of benzene rings is 1. The van der Waals surface area contributed by atoms with E-state index in [1.165, 1.54) is 0 Å². The number of halogens is 1. The van der Waals surface area contributed by atoms with Gasteiger partial charge in [0.05, 0.1) is 11.0 Å². The van der Waals surface area contributed by atoms with E-state index < -0.39 is 0 Å². The molecule has 0 aliphatic heterocycles. The highest BCUT2D eigenvalue weighted by Crippen LogP contribution is 2.17. The van der Waals surface area contributed by atoms with Crippen LogP contribution in [0, 0.1) is 0 Å². The number of aryl methyl sites for hydroxylation is 1. The summed E-state index contributed by atoms with van der Waals surface area (Å²) in [4.78, 5) is 11.8. The van der Waals surface area contributed by atoms with E-state index in [4.69, 9.17) is 17.3 Å². The molecule has 5 heteroatoms. The van der Waals surface area contributed by atoms with E-state index >= 15 is 0 Å². The summed E-state index contributed by atoms with van der Waals surface area (Å²) in [6, 6.07) is 5.40. The second-order valence-electron chi connectivity index (χ2n) is 3.41. The minimum Gasteiger partial charge on any atom is -0.329 e. The molecular weight excluding hydrogens is 214 g/mol.